The first-order valence-electron chi connectivity index (χ1n) is 4.25. The molecule has 0 atom stereocenters. The molecule has 1 aromatic rings. The minimum atomic E-state index is 0.163. The average molecular weight is 180 g/mol. The molecule has 0 aromatic heterocycles. The number of hydrogen-bond acceptors (Lipinski definition) is 2. The predicted octanol–water partition coefficient (Wildman–Crippen LogP) is 2.43. The lowest BCUT2D eigenvalue weighted by molar-refractivity contribution is 0.279. The molecule has 1 aromatic carbocycles. The zero-order valence-corrected chi connectivity index (χ0v) is 7.68. The topological polar surface area (TPSA) is 20.2 Å². The van der Waals surface area contributed by atoms with Crippen molar-refractivity contribution in [1.82, 2.24) is 0 Å². The van der Waals surface area contributed by atoms with E-state index in [0.29, 0.717) is 0 Å². The minimum absolute atomic E-state index is 0.163. The largest absolute Gasteiger partial charge is 0.392 e. The second kappa shape index (κ2) is 3.50. The third kappa shape index (κ3) is 1.82. The van der Waals surface area contributed by atoms with Crippen LogP contribution in [0.5, 0.6) is 0 Å². The van der Waals surface area contributed by atoms with E-state index in [1.807, 2.05) is 30.0 Å². The van der Waals surface area contributed by atoms with Crippen LogP contribution in [-0.4, -0.2) is 10.4 Å². The van der Waals surface area contributed by atoms with Gasteiger partial charge in [-0.15, -0.1) is 11.8 Å². The molecule has 1 saturated carbocycles. The lowest BCUT2D eigenvalue weighted by Gasteiger charge is -2.04. The van der Waals surface area contributed by atoms with Gasteiger partial charge in [0.1, 0.15) is 0 Å². The summed E-state index contributed by atoms with van der Waals surface area (Å²) in [4.78, 5) is 1.25. The Morgan fingerprint density at radius 1 is 1.33 bits per heavy atom. The molecule has 0 unspecified atom stereocenters. The van der Waals surface area contributed by atoms with Crippen LogP contribution in [-0.2, 0) is 6.61 Å². The van der Waals surface area contributed by atoms with Gasteiger partial charge < -0.3 is 5.11 Å². The Morgan fingerprint density at radius 3 is 2.75 bits per heavy atom. The van der Waals surface area contributed by atoms with Crippen molar-refractivity contribution in [3.63, 3.8) is 0 Å². The van der Waals surface area contributed by atoms with E-state index < -0.39 is 0 Å². The van der Waals surface area contributed by atoms with Gasteiger partial charge in [-0.1, -0.05) is 18.2 Å². The summed E-state index contributed by atoms with van der Waals surface area (Å²) in [6.07, 6.45) is 2.68. The molecule has 2 rings (SSSR count). The van der Waals surface area contributed by atoms with E-state index in [0.717, 1.165) is 10.8 Å². The Hall–Kier alpha value is -0.470. The molecule has 64 valence electrons. The molecule has 0 amide bonds. The highest BCUT2D eigenvalue weighted by atomic mass is 32.2. The van der Waals surface area contributed by atoms with Crippen LogP contribution < -0.4 is 0 Å². The van der Waals surface area contributed by atoms with Crippen LogP contribution in [0.25, 0.3) is 0 Å². The summed E-state index contributed by atoms with van der Waals surface area (Å²) >= 11 is 1.90. The Bertz CT molecular complexity index is 268. The first-order valence-corrected chi connectivity index (χ1v) is 5.13. The molecular weight excluding hydrogens is 168 g/mol. The number of aliphatic hydroxyl groups excluding tert-OH is 1. The highest BCUT2D eigenvalue weighted by Gasteiger charge is 2.23. The molecule has 0 saturated heterocycles. The number of benzene rings is 1. The first-order chi connectivity index (χ1) is 5.90. The molecule has 1 aliphatic rings. The zero-order chi connectivity index (χ0) is 8.39. The van der Waals surface area contributed by atoms with Crippen LogP contribution in [0.2, 0.25) is 0 Å². The van der Waals surface area contributed by atoms with Gasteiger partial charge in [0.15, 0.2) is 0 Å². The molecule has 2 heteroatoms. The van der Waals surface area contributed by atoms with Crippen molar-refractivity contribution in [1.29, 1.82) is 0 Å². The standard InChI is InChI=1S/C10H12OS/c11-7-8-3-1-2-4-10(8)12-9-5-6-9/h1-4,9,11H,5-7H2. The van der Waals surface area contributed by atoms with E-state index in [1.54, 1.807) is 0 Å². The summed E-state index contributed by atoms with van der Waals surface area (Å²) in [5.41, 5.74) is 1.06. The Balaban J connectivity index is 2.15. The monoisotopic (exact) mass is 180 g/mol. The minimum Gasteiger partial charge on any atom is -0.392 e. The van der Waals surface area contributed by atoms with E-state index in [-0.39, 0.29) is 6.61 Å². The maximum atomic E-state index is 9.04. The summed E-state index contributed by atoms with van der Waals surface area (Å²) in [7, 11) is 0. The van der Waals surface area contributed by atoms with Crippen molar-refractivity contribution < 1.29 is 5.11 Å². The van der Waals surface area contributed by atoms with Crippen LogP contribution in [0.15, 0.2) is 29.2 Å². The third-order valence-electron chi connectivity index (χ3n) is 1.96. The van der Waals surface area contributed by atoms with Crippen LogP contribution in [0.1, 0.15) is 18.4 Å². The van der Waals surface area contributed by atoms with Crippen LogP contribution >= 0.6 is 11.8 Å². The number of hydrogen-bond donors (Lipinski definition) is 1. The molecular formula is C10H12OS. The van der Waals surface area contributed by atoms with E-state index >= 15 is 0 Å². The summed E-state index contributed by atoms with van der Waals surface area (Å²) in [6.45, 7) is 0.163. The fraction of sp³-hybridized carbons (Fsp3) is 0.400. The Labute approximate surface area is 76.8 Å². The van der Waals surface area contributed by atoms with Crippen molar-refractivity contribution >= 4 is 11.8 Å². The molecule has 1 N–H and O–H groups in total. The van der Waals surface area contributed by atoms with Gasteiger partial charge in [0.05, 0.1) is 6.61 Å². The van der Waals surface area contributed by atoms with E-state index in [2.05, 4.69) is 6.07 Å². The number of rotatable bonds is 3. The summed E-state index contributed by atoms with van der Waals surface area (Å²) < 4.78 is 0. The SMILES string of the molecule is OCc1ccccc1SC1CC1. The van der Waals surface area contributed by atoms with E-state index in [1.165, 1.54) is 17.7 Å². The second-order valence-corrected chi connectivity index (χ2v) is 4.43. The van der Waals surface area contributed by atoms with Gasteiger partial charge in [-0.05, 0) is 24.5 Å². The number of aliphatic hydroxyl groups is 1. The Kier molecular flexibility index (Phi) is 2.38. The van der Waals surface area contributed by atoms with Gasteiger partial charge in [-0.2, -0.15) is 0 Å². The maximum Gasteiger partial charge on any atom is 0.0692 e. The van der Waals surface area contributed by atoms with Crippen molar-refractivity contribution in [2.75, 3.05) is 0 Å². The van der Waals surface area contributed by atoms with Gasteiger partial charge >= 0.3 is 0 Å². The molecule has 12 heavy (non-hydrogen) atoms. The van der Waals surface area contributed by atoms with Gasteiger partial charge in [0.25, 0.3) is 0 Å². The third-order valence-corrected chi connectivity index (χ3v) is 3.42. The summed E-state index contributed by atoms with van der Waals surface area (Å²) in [6, 6.07) is 8.09. The van der Waals surface area contributed by atoms with Gasteiger partial charge in [-0.3, -0.25) is 0 Å². The van der Waals surface area contributed by atoms with Crippen molar-refractivity contribution in [2.45, 2.75) is 29.6 Å². The lowest BCUT2D eigenvalue weighted by atomic mass is 10.2. The molecule has 1 nitrogen and oxygen atoms in total. The highest BCUT2D eigenvalue weighted by molar-refractivity contribution is 8.00. The predicted molar refractivity (Wildman–Crippen MR) is 51.2 cm³/mol. The van der Waals surface area contributed by atoms with Crippen LogP contribution in [0.3, 0.4) is 0 Å². The molecule has 0 radical (unpaired) electrons. The Morgan fingerprint density at radius 2 is 2.08 bits per heavy atom. The number of thioether (sulfide) groups is 1. The smallest absolute Gasteiger partial charge is 0.0692 e. The quantitative estimate of drug-likeness (QED) is 0.771. The molecule has 0 spiro atoms. The molecule has 0 bridgehead atoms. The van der Waals surface area contributed by atoms with Gasteiger partial charge in [-0.25, -0.2) is 0 Å². The molecule has 1 fully saturated rings. The second-order valence-electron chi connectivity index (χ2n) is 3.08. The highest BCUT2D eigenvalue weighted by Crippen LogP contribution is 2.40. The van der Waals surface area contributed by atoms with Crippen molar-refractivity contribution in [2.24, 2.45) is 0 Å². The van der Waals surface area contributed by atoms with Crippen molar-refractivity contribution in [3.8, 4) is 0 Å². The summed E-state index contributed by atoms with van der Waals surface area (Å²) in [5, 5.41) is 9.86. The molecule has 0 aliphatic heterocycles. The zero-order valence-electron chi connectivity index (χ0n) is 6.86. The maximum absolute atomic E-state index is 9.04. The van der Waals surface area contributed by atoms with Crippen molar-refractivity contribution in [3.05, 3.63) is 29.8 Å². The fourth-order valence-electron chi connectivity index (χ4n) is 1.11. The molecule has 1 aliphatic carbocycles. The van der Waals surface area contributed by atoms with Gasteiger partial charge in [0.2, 0.25) is 0 Å². The van der Waals surface area contributed by atoms with Crippen LogP contribution in [0, 0.1) is 0 Å². The van der Waals surface area contributed by atoms with E-state index in [9.17, 15) is 0 Å². The van der Waals surface area contributed by atoms with Crippen LogP contribution in [0.4, 0.5) is 0 Å². The summed E-state index contributed by atoms with van der Waals surface area (Å²) in [5.74, 6) is 0. The fourth-order valence-corrected chi connectivity index (χ4v) is 2.29. The lowest BCUT2D eigenvalue weighted by Crippen LogP contribution is -1.87. The molecule has 0 heterocycles. The van der Waals surface area contributed by atoms with Gasteiger partial charge in [0, 0.05) is 10.1 Å². The normalized spacial score (nSPS) is 16.4. The first kappa shape index (κ1) is 8.14. The average Bonchev–Trinajstić information content (AvgIpc) is 2.89. The van der Waals surface area contributed by atoms with E-state index in [4.69, 9.17) is 5.11 Å².